The molecule has 0 amide bonds. The van der Waals surface area contributed by atoms with Gasteiger partial charge in [0, 0.05) is 24.2 Å². The van der Waals surface area contributed by atoms with Crippen LogP contribution in [0.3, 0.4) is 0 Å². The van der Waals surface area contributed by atoms with Gasteiger partial charge in [0.1, 0.15) is 26.5 Å². The molecule has 0 aliphatic heterocycles. The van der Waals surface area contributed by atoms with Gasteiger partial charge in [-0.1, -0.05) is 0 Å². The van der Waals surface area contributed by atoms with E-state index in [0.29, 0.717) is 10.2 Å². The Morgan fingerprint density at radius 1 is 0.903 bits per heavy atom. The van der Waals surface area contributed by atoms with Gasteiger partial charge in [0.2, 0.25) is 0 Å². The van der Waals surface area contributed by atoms with Crippen molar-refractivity contribution in [1.82, 2.24) is 9.97 Å². The highest BCUT2D eigenvalue weighted by atomic mass is 79.9. The molecular formula is C20H28Br2N4O3S2. The van der Waals surface area contributed by atoms with Crippen molar-refractivity contribution in [1.29, 1.82) is 0 Å². The molecule has 2 N–H and O–H groups in total. The lowest BCUT2D eigenvalue weighted by Gasteiger charge is -2.12. The summed E-state index contributed by atoms with van der Waals surface area (Å²) in [6.07, 6.45) is 5.64. The largest absolute Gasteiger partial charge is 0.298 e. The van der Waals surface area contributed by atoms with Crippen LogP contribution in [0.1, 0.15) is 57.5 Å². The zero-order chi connectivity index (χ0) is 24.2. The van der Waals surface area contributed by atoms with Crippen molar-refractivity contribution in [3.05, 3.63) is 57.0 Å². The number of halogens is 2. The Bertz CT molecular complexity index is 927. The van der Waals surface area contributed by atoms with E-state index in [9.17, 15) is 13.2 Å². The first-order chi connectivity index (χ1) is 14.2. The van der Waals surface area contributed by atoms with E-state index in [1.807, 2.05) is 53.7 Å². The maximum atomic E-state index is 11.6. The lowest BCUT2D eigenvalue weighted by molar-refractivity contribution is 0.112. The fourth-order valence-electron chi connectivity index (χ4n) is 1.26. The summed E-state index contributed by atoms with van der Waals surface area (Å²) in [4.78, 5) is 18.0. The van der Waals surface area contributed by atoms with Crippen LogP contribution in [0.15, 0.2) is 50.3 Å². The zero-order valence-corrected chi connectivity index (χ0v) is 23.1. The summed E-state index contributed by atoms with van der Waals surface area (Å²) in [5.41, 5.74) is 1.52. The van der Waals surface area contributed by atoms with E-state index in [2.05, 4.69) is 46.2 Å². The van der Waals surface area contributed by atoms with Gasteiger partial charge in [0.25, 0.3) is 0 Å². The van der Waals surface area contributed by atoms with Crippen molar-refractivity contribution in [3.63, 3.8) is 0 Å². The third-order valence-corrected chi connectivity index (χ3v) is 6.48. The summed E-state index contributed by atoms with van der Waals surface area (Å²) >= 11 is 6.39. The Hall–Kier alpha value is -1.14. The van der Waals surface area contributed by atoms with Crippen LogP contribution < -0.4 is 5.14 Å². The average Bonchev–Trinajstić information content (AvgIpc) is 2.65. The number of hydrogen-bond acceptors (Lipinski definition) is 5. The lowest BCUT2D eigenvalue weighted by atomic mass is 10.3. The van der Waals surface area contributed by atoms with E-state index in [1.165, 1.54) is 0 Å². The maximum Gasteiger partial charge on any atom is 0.150 e. The third-order valence-electron chi connectivity index (χ3n) is 3.06. The smallest absolute Gasteiger partial charge is 0.150 e. The molecule has 0 fully saturated rings. The van der Waals surface area contributed by atoms with Crippen molar-refractivity contribution in [3.8, 4) is 0 Å². The summed E-state index contributed by atoms with van der Waals surface area (Å²) in [6.45, 7) is 11.2. The molecule has 2 rings (SSSR count). The van der Waals surface area contributed by atoms with Gasteiger partial charge < -0.3 is 0 Å². The number of aromatic nitrogens is 2. The van der Waals surface area contributed by atoms with E-state index in [1.54, 1.807) is 30.7 Å². The molecule has 7 nitrogen and oxygen atoms in total. The molecule has 0 saturated carbocycles. The van der Waals surface area contributed by atoms with E-state index < -0.39 is 22.0 Å². The Labute approximate surface area is 206 Å². The van der Waals surface area contributed by atoms with Crippen molar-refractivity contribution < 1.29 is 13.2 Å². The van der Waals surface area contributed by atoms with Crippen LogP contribution in [-0.4, -0.2) is 40.4 Å². The summed E-state index contributed by atoms with van der Waals surface area (Å²) in [7, 11) is -2.39. The number of aldehydes is 1. The molecule has 11 heteroatoms. The number of carbonyl (C=O) groups is 1. The number of hydrogen-bond donors (Lipinski definition) is 1. The molecule has 0 saturated heterocycles. The molecule has 2 aromatic heterocycles. The van der Waals surface area contributed by atoms with Crippen LogP contribution in [0.25, 0.3) is 0 Å². The van der Waals surface area contributed by atoms with Crippen LogP contribution in [-0.2, 0) is 22.0 Å². The number of nitrogens with zero attached hydrogens (tertiary/aromatic N) is 3. The minimum atomic E-state index is -1.21. The van der Waals surface area contributed by atoms with Gasteiger partial charge in [-0.25, -0.2) is 18.4 Å². The molecule has 0 bridgehead atoms. The Balaban J connectivity index is 0.000000479. The fraction of sp³-hybridized carbons (Fsp3) is 0.400. The van der Waals surface area contributed by atoms with Crippen LogP contribution in [0.5, 0.6) is 0 Å². The standard InChI is InChI=1S/C10H13BrN2OS.C6H4BrNO.C4H11NOS/c1-10(2,3)15(14)13-7-8-4-5-12-9(11)6-8;7-6-3-5(4-9)1-2-8-6;1-4(2,3)7(5)6/h4-7H,1-3H3;1-4H;5H2,1-3H3/t15-;;7-/m0.0/s1. The van der Waals surface area contributed by atoms with Crippen LogP contribution in [0, 0.1) is 0 Å². The van der Waals surface area contributed by atoms with Gasteiger partial charge in [-0.15, -0.1) is 0 Å². The maximum absolute atomic E-state index is 11.6. The lowest BCUT2D eigenvalue weighted by Crippen LogP contribution is -2.27. The molecule has 0 aromatic carbocycles. The quantitative estimate of drug-likeness (QED) is 0.311. The summed E-state index contributed by atoms with van der Waals surface area (Å²) in [5.74, 6) is 0. The highest BCUT2D eigenvalue weighted by molar-refractivity contribution is 9.10. The fourth-order valence-corrected chi connectivity index (χ4v) is 2.55. The molecule has 0 unspecified atom stereocenters. The zero-order valence-electron chi connectivity index (χ0n) is 18.3. The van der Waals surface area contributed by atoms with Crippen molar-refractivity contribution >= 4 is 66.3 Å². The van der Waals surface area contributed by atoms with Gasteiger partial charge >= 0.3 is 0 Å². The van der Waals surface area contributed by atoms with Gasteiger partial charge in [0.05, 0.1) is 20.5 Å². The highest BCUT2D eigenvalue weighted by Crippen LogP contribution is 2.13. The molecule has 0 radical (unpaired) electrons. The van der Waals surface area contributed by atoms with Gasteiger partial charge in [0.15, 0.2) is 0 Å². The van der Waals surface area contributed by atoms with Crippen LogP contribution in [0.4, 0.5) is 0 Å². The minimum Gasteiger partial charge on any atom is -0.298 e. The molecule has 172 valence electrons. The molecule has 2 heterocycles. The summed E-state index contributed by atoms with van der Waals surface area (Å²) < 4.78 is 26.8. The van der Waals surface area contributed by atoms with Crippen molar-refractivity contribution in [2.45, 2.75) is 51.0 Å². The minimum absolute atomic E-state index is 0.250. The molecule has 0 aliphatic carbocycles. The van der Waals surface area contributed by atoms with Crippen LogP contribution in [0.2, 0.25) is 0 Å². The Kier molecular flexibility index (Phi) is 13.6. The normalized spacial score (nSPS) is 13.3. The second-order valence-corrected chi connectivity index (χ2v) is 13.3. The van der Waals surface area contributed by atoms with Gasteiger partial charge in [-0.3, -0.25) is 9.93 Å². The molecule has 0 spiro atoms. The number of nitrogens with two attached hydrogens (primary N) is 1. The predicted molar refractivity (Wildman–Crippen MR) is 137 cm³/mol. The monoisotopic (exact) mass is 594 g/mol. The highest BCUT2D eigenvalue weighted by Gasteiger charge is 2.18. The first-order valence-electron chi connectivity index (χ1n) is 8.97. The van der Waals surface area contributed by atoms with E-state index in [-0.39, 0.29) is 9.49 Å². The SMILES string of the molecule is CC(C)(C)[S@@](N)=O.CC(C)(C)[S@](=O)N=Cc1ccnc(Br)c1.O=Cc1ccnc(Br)c1. The molecule has 2 aromatic rings. The van der Waals surface area contributed by atoms with E-state index in [0.717, 1.165) is 16.5 Å². The first kappa shape index (κ1) is 29.9. The van der Waals surface area contributed by atoms with E-state index in [4.69, 9.17) is 5.14 Å². The molecular weight excluding hydrogens is 568 g/mol. The second-order valence-electron chi connectivity index (χ2n) is 7.95. The van der Waals surface area contributed by atoms with Gasteiger partial charge in [-0.2, -0.15) is 4.40 Å². The predicted octanol–water partition coefficient (Wildman–Crippen LogP) is 4.79. The van der Waals surface area contributed by atoms with Crippen molar-refractivity contribution in [2.24, 2.45) is 9.54 Å². The average molecular weight is 596 g/mol. The number of pyridine rings is 2. The Morgan fingerprint density at radius 3 is 1.65 bits per heavy atom. The molecule has 0 aliphatic rings. The first-order valence-corrected chi connectivity index (χ1v) is 12.9. The second kappa shape index (κ2) is 14.1. The van der Waals surface area contributed by atoms with Crippen LogP contribution >= 0.6 is 31.9 Å². The topological polar surface area (TPSA) is 115 Å². The van der Waals surface area contributed by atoms with Gasteiger partial charge in [-0.05, 0) is 103 Å². The summed E-state index contributed by atoms with van der Waals surface area (Å²) in [5, 5.41) is 5.04. The number of carbonyl (C=O) groups excluding carboxylic acids is 1. The number of rotatable bonds is 3. The van der Waals surface area contributed by atoms with E-state index >= 15 is 0 Å². The molecule has 2 atom stereocenters. The third kappa shape index (κ3) is 14.5. The summed E-state index contributed by atoms with van der Waals surface area (Å²) in [6, 6.07) is 6.95. The molecule has 31 heavy (non-hydrogen) atoms. The van der Waals surface area contributed by atoms with Crippen molar-refractivity contribution in [2.75, 3.05) is 0 Å². The Morgan fingerprint density at radius 2 is 1.32 bits per heavy atom.